The fourth-order valence-electron chi connectivity index (χ4n) is 4.77. The van der Waals surface area contributed by atoms with Gasteiger partial charge in [-0.15, -0.1) is 0 Å². The molecule has 0 heterocycles. The van der Waals surface area contributed by atoms with Gasteiger partial charge >= 0.3 is 0 Å². The van der Waals surface area contributed by atoms with Crippen LogP contribution in [-0.4, -0.2) is 6.54 Å². The summed E-state index contributed by atoms with van der Waals surface area (Å²) in [5.74, 6) is 4.78. The van der Waals surface area contributed by atoms with Gasteiger partial charge in [0.05, 0.1) is 0 Å². The minimum Gasteiger partial charge on any atom is -0.330 e. The molecule has 5 unspecified atom stereocenters. The van der Waals surface area contributed by atoms with Crippen molar-refractivity contribution in [1.82, 2.24) is 0 Å². The Kier molecular flexibility index (Phi) is 5.54. The Bertz CT molecular complexity index is 238. The maximum absolute atomic E-state index is 6.05. The van der Waals surface area contributed by atoms with Crippen molar-refractivity contribution in [2.75, 3.05) is 6.54 Å². The minimum absolute atomic E-state index is 0.841. The van der Waals surface area contributed by atoms with Gasteiger partial charge in [-0.1, -0.05) is 52.4 Å². The van der Waals surface area contributed by atoms with Crippen LogP contribution in [0, 0.1) is 29.6 Å². The van der Waals surface area contributed by atoms with Crippen LogP contribution in [0.5, 0.6) is 0 Å². The summed E-state index contributed by atoms with van der Waals surface area (Å²) in [5.41, 5.74) is 6.05. The van der Waals surface area contributed by atoms with Crippen LogP contribution in [0.3, 0.4) is 0 Å². The van der Waals surface area contributed by atoms with Crippen LogP contribution >= 0.6 is 0 Å². The van der Waals surface area contributed by atoms with Gasteiger partial charge in [-0.05, 0) is 55.4 Å². The van der Waals surface area contributed by atoms with Gasteiger partial charge in [0, 0.05) is 0 Å². The molecule has 2 N–H and O–H groups in total. The lowest BCUT2D eigenvalue weighted by Crippen LogP contribution is -2.36. The first-order chi connectivity index (χ1) is 8.74. The van der Waals surface area contributed by atoms with Crippen molar-refractivity contribution < 1.29 is 0 Å². The Morgan fingerprint density at radius 3 is 2.56 bits per heavy atom. The monoisotopic (exact) mass is 251 g/mol. The van der Waals surface area contributed by atoms with E-state index >= 15 is 0 Å². The van der Waals surface area contributed by atoms with Gasteiger partial charge < -0.3 is 5.73 Å². The third kappa shape index (κ3) is 3.50. The molecular weight excluding hydrogens is 218 g/mol. The highest BCUT2D eigenvalue weighted by Crippen LogP contribution is 2.45. The lowest BCUT2D eigenvalue weighted by molar-refractivity contribution is 0.0836. The lowest BCUT2D eigenvalue weighted by Gasteiger charge is -2.43. The summed E-state index contributed by atoms with van der Waals surface area (Å²) in [6.07, 6.45) is 13.1. The zero-order valence-corrected chi connectivity index (χ0v) is 12.5. The molecule has 2 aliphatic carbocycles. The fraction of sp³-hybridized carbons (Fsp3) is 1.00. The van der Waals surface area contributed by atoms with Crippen molar-refractivity contribution in [1.29, 1.82) is 0 Å². The summed E-state index contributed by atoms with van der Waals surface area (Å²) in [6.45, 7) is 5.73. The average Bonchev–Trinajstić information content (AvgIpc) is 2.39. The smallest absolute Gasteiger partial charge is 0.00461 e. The number of nitrogens with two attached hydrogens (primary N) is 1. The molecule has 2 saturated carbocycles. The second-order valence-electron chi connectivity index (χ2n) is 7.16. The molecule has 18 heavy (non-hydrogen) atoms. The third-order valence-corrected chi connectivity index (χ3v) is 5.74. The Morgan fingerprint density at radius 1 is 1.06 bits per heavy atom. The van der Waals surface area contributed by atoms with Crippen LogP contribution in [0.1, 0.15) is 71.6 Å². The van der Waals surface area contributed by atoms with Gasteiger partial charge in [0.25, 0.3) is 0 Å². The predicted octanol–water partition coefficient (Wildman–Crippen LogP) is 4.60. The summed E-state index contributed by atoms with van der Waals surface area (Å²) < 4.78 is 0. The molecule has 2 rings (SSSR count). The Labute approximate surface area is 114 Å². The minimum atomic E-state index is 0.841. The number of hydrogen-bond donors (Lipinski definition) is 1. The van der Waals surface area contributed by atoms with E-state index in [0.717, 1.165) is 36.1 Å². The quantitative estimate of drug-likeness (QED) is 0.776. The van der Waals surface area contributed by atoms with Crippen LogP contribution in [0.15, 0.2) is 0 Å². The molecule has 0 saturated heterocycles. The molecule has 0 aromatic rings. The molecule has 0 amide bonds. The molecule has 0 aromatic carbocycles. The molecule has 0 bridgehead atoms. The topological polar surface area (TPSA) is 26.0 Å². The van der Waals surface area contributed by atoms with Crippen molar-refractivity contribution in [2.24, 2.45) is 35.3 Å². The van der Waals surface area contributed by atoms with Crippen molar-refractivity contribution in [3.05, 3.63) is 0 Å². The average molecular weight is 251 g/mol. The van der Waals surface area contributed by atoms with Crippen LogP contribution in [0.4, 0.5) is 0 Å². The molecule has 1 heteroatoms. The molecule has 106 valence electrons. The molecule has 2 fully saturated rings. The fourth-order valence-corrected chi connectivity index (χ4v) is 4.77. The molecular formula is C17H33N. The van der Waals surface area contributed by atoms with E-state index in [1.165, 1.54) is 57.8 Å². The van der Waals surface area contributed by atoms with Gasteiger partial charge in [0.2, 0.25) is 0 Å². The van der Waals surface area contributed by atoms with Crippen molar-refractivity contribution in [2.45, 2.75) is 71.6 Å². The van der Waals surface area contributed by atoms with E-state index in [0.29, 0.717) is 0 Å². The summed E-state index contributed by atoms with van der Waals surface area (Å²) >= 11 is 0. The van der Waals surface area contributed by atoms with E-state index in [-0.39, 0.29) is 0 Å². The van der Waals surface area contributed by atoms with Gasteiger partial charge in [0.1, 0.15) is 0 Å². The second-order valence-corrected chi connectivity index (χ2v) is 7.16. The maximum Gasteiger partial charge on any atom is -0.00461 e. The van der Waals surface area contributed by atoms with Gasteiger partial charge in [-0.25, -0.2) is 0 Å². The normalized spacial score (nSPS) is 41.8. The van der Waals surface area contributed by atoms with Crippen LogP contribution in [-0.2, 0) is 0 Å². The van der Waals surface area contributed by atoms with E-state index in [4.69, 9.17) is 5.73 Å². The number of rotatable bonds is 4. The summed E-state index contributed by atoms with van der Waals surface area (Å²) in [5, 5.41) is 0. The summed E-state index contributed by atoms with van der Waals surface area (Å²) in [6, 6.07) is 0. The standard InChI is InChI=1S/C17H33N/c1-3-5-14-8-9-16(12-18)17(11-14)15-7-4-6-13(2)10-15/h13-17H,3-12,18H2,1-2H3. The Hall–Kier alpha value is -0.0400. The number of hydrogen-bond acceptors (Lipinski definition) is 1. The molecule has 0 spiro atoms. The Balaban J connectivity index is 1.96. The van der Waals surface area contributed by atoms with Crippen LogP contribution in [0.25, 0.3) is 0 Å². The van der Waals surface area contributed by atoms with E-state index in [1.807, 2.05) is 0 Å². The predicted molar refractivity (Wildman–Crippen MR) is 79.4 cm³/mol. The maximum atomic E-state index is 6.05. The van der Waals surface area contributed by atoms with Gasteiger partial charge in [-0.3, -0.25) is 0 Å². The van der Waals surface area contributed by atoms with E-state index in [2.05, 4.69) is 13.8 Å². The summed E-state index contributed by atoms with van der Waals surface area (Å²) in [7, 11) is 0. The zero-order valence-electron chi connectivity index (χ0n) is 12.5. The lowest BCUT2D eigenvalue weighted by atomic mass is 9.63. The Morgan fingerprint density at radius 2 is 1.89 bits per heavy atom. The third-order valence-electron chi connectivity index (χ3n) is 5.74. The highest BCUT2D eigenvalue weighted by Gasteiger charge is 2.36. The highest BCUT2D eigenvalue weighted by atomic mass is 14.6. The van der Waals surface area contributed by atoms with Crippen molar-refractivity contribution in [3.8, 4) is 0 Å². The molecule has 0 radical (unpaired) electrons. The molecule has 0 aliphatic heterocycles. The van der Waals surface area contributed by atoms with Gasteiger partial charge in [-0.2, -0.15) is 0 Å². The van der Waals surface area contributed by atoms with E-state index < -0.39 is 0 Å². The van der Waals surface area contributed by atoms with E-state index in [1.54, 1.807) is 0 Å². The van der Waals surface area contributed by atoms with Gasteiger partial charge in [0.15, 0.2) is 0 Å². The first kappa shape index (κ1) is 14.4. The molecule has 2 aliphatic rings. The molecule has 0 aromatic heterocycles. The van der Waals surface area contributed by atoms with Crippen molar-refractivity contribution in [3.63, 3.8) is 0 Å². The second kappa shape index (κ2) is 6.93. The van der Waals surface area contributed by atoms with Crippen LogP contribution in [0.2, 0.25) is 0 Å². The SMILES string of the molecule is CCCC1CCC(CN)C(C2CCCC(C)C2)C1. The van der Waals surface area contributed by atoms with Crippen LogP contribution < -0.4 is 5.73 Å². The van der Waals surface area contributed by atoms with E-state index in [9.17, 15) is 0 Å². The zero-order chi connectivity index (χ0) is 13.0. The van der Waals surface area contributed by atoms with Crippen molar-refractivity contribution >= 4 is 0 Å². The summed E-state index contributed by atoms with van der Waals surface area (Å²) in [4.78, 5) is 0. The largest absolute Gasteiger partial charge is 0.330 e. The first-order valence-corrected chi connectivity index (χ1v) is 8.44. The molecule has 1 nitrogen and oxygen atoms in total. The molecule has 5 atom stereocenters. The first-order valence-electron chi connectivity index (χ1n) is 8.44. The highest BCUT2D eigenvalue weighted by molar-refractivity contribution is 4.87.